The van der Waals surface area contributed by atoms with E-state index in [9.17, 15) is 18.0 Å². The number of aromatic nitrogens is 1. The second-order valence-corrected chi connectivity index (χ2v) is 6.23. The lowest BCUT2D eigenvalue weighted by atomic mass is 10.2. The van der Waals surface area contributed by atoms with E-state index in [-0.39, 0.29) is 16.4 Å². The maximum absolute atomic E-state index is 12.8. The summed E-state index contributed by atoms with van der Waals surface area (Å²) in [5.74, 6) is -0.628. The number of amides is 1. The molecular weight excluding hydrogens is 367 g/mol. The van der Waals surface area contributed by atoms with E-state index < -0.39 is 17.6 Å². The molecule has 0 unspecified atom stereocenters. The Hall–Kier alpha value is -2.28. The lowest BCUT2D eigenvalue weighted by Crippen LogP contribution is -2.20. The quantitative estimate of drug-likeness (QED) is 0.739. The third-order valence-corrected chi connectivity index (χ3v) is 4.14. The van der Waals surface area contributed by atoms with Crippen molar-refractivity contribution in [1.82, 2.24) is 4.98 Å². The normalized spacial score (nSPS) is 11.3. The number of carbonyl (C=O) groups is 1. The number of carbonyl (C=O) groups excluding carboxylic acids is 1. The van der Waals surface area contributed by atoms with Gasteiger partial charge in [0, 0.05) is 25.5 Å². The third-order valence-electron chi connectivity index (χ3n) is 3.81. The number of pyridine rings is 1. The van der Waals surface area contributed by atoms with Gasteiger partial charge in [-0.25, -0.2) is 0 Å². The first kappa shape index (κ1) is 20.0. The van der Waals surface area contributed by atoms with E-state index in [1.807, 2.05) is 11.9 Å². The number of halogens is 4. The van der Waals surface area contributed by atoms with E-state index in [0.29, 0.717) is 0 Å². The highest BCUT2D eigenvalue weighted by Crippen LogP contribution is 2.34. The van der Waals surface area contributed by atoms with Crippen LogP contribution in [0.2, 0.25) is 5.02 Å². The molecule has 0 bridgehead atoms. The van der Waals surface area contributed by atoms with Gasteiger partial charge in [-0.15, -0.1) is 0 Å². The summed E-state index contributed by atoms with van der Waals surface area (Å²) in [5, 5.41) is 2.41. The summed E-state index contributed by atoms with van der Waals surface area (Å²) in [6.45, 7) is 2.90. The molecule has 1 heterocycles. The zero-order valence-electron chi connectivity index (χ0n) is 14.4. The maximum atomic E-state index is 12.8. The van der Waals surface area contributed by atoms with Crippen molar-refractivity contribution in [3.8, 4) is 0 Å². The summed E-state index contributed by atoms with van der Waals surface area (Å²) in [7, 11) is 1.90. The number of alkyl halides is 3. The Labute approximate surface area is 155 Å². The first-order valence-corrected chi connectivity index (χ1v) is 8.45. The van der Waals surface area contributed by atoms with E-state index in [4.69, 9.17) is 11.6 Å². The molecule has 0 radical (unpaired) electrons. The van der Waals surface area contributed by atoms with Crippen LogP contribution in [-0.4, -0.2) is 24.5 Å². The van der Waals surface area contributed by atoms with Gasteiger partial charge in [0.1, 0.15) is 5.69 Å². The van der Waals surface area contributed by atoms with Gasteiger partial charge in [-0.1, -0.05) is 24.9 Å². The van der Waals surface area contributed by atoms with Gasteiger partial charge in [0.2, 0.25) is 0 Å². The number of hydrogen-bond acceptors (Lipinski definition) is 3. The van der Waals surface area contributed by atoms with E-state index in [1.54, 1.807) is 12.1 Å². The summed E-state index contributed by atoms with van der Waals surface area (Å²) in [5.41, 5.74) is -0.107. The van der Waals surface area contributed by atoms with E-state index >= 15 is 0 Å². The van der Waals surface area contributed by atoms with Crippen molar-refractivity contribution in [2.75, 3.05) is 23.8 Å². The zero-order valence-corrected chi connectivity index (χ0v) is 15.2. The molecule has 26 heavy (non-hydrogen) atoms. The molecule has 0 aliphatic rings. The number of hydrogen-bond donors (Lipinski definition) is 1. The molecule has 1 aromatic carbocycles. The lowest BCUT2D eigenvalue weighted by molar-refractivity contribution is -0.137. The Balaban J connectivity index is 2.20. The smallest absolute Gasteiger partial charge is 0.374 e. The molecule has 0 atom stereocenters. The van der Waals surface area contributed by atoms with Crippen LogP contribution in [0.1, 0.15) is 35.8 Å². The molecule has 2 aromatic rings. The molecule has 0 saturated carbocycles. The number of rotatable bonds is 6. The molecule has 0 spiro atoms. The molecule has 140 valence electrons. The average Bonchev–Trinajstić information content (AvgIpc) is 2.60. The Morgan fingerprint density at radius 2 is 2.00 bits per heavy atom. The molecule has 1 N–H and O–H groups in total. The van der Waals surface area contributed by atoms with Gasteiger partial charge in [0.05, 0.1) is 16.3 Å². The highest BCUT2D eigenvalue weighted by atomic mass is 35.5. The number of nitrogens with one attached hydrogen (secondary N) is 1. The van der Waals surface area contributed by atoms with Crippen LogP contribution in [0.15, 0.2) is 36.5 Å². The molecule has 4 nitrogen and oxygen atoms in total. The Kier molecular flexibility index (Phi) is 6.47. The first-order chi connectivity index (χ1) is 12.2. The van der Waals surface area contributed by atoms with E-state index in [1.165, 1.54) is 6.20 Å². The van der Waals surface area contributed by atoms with Gasteiger partial charge < -0.3 is 10.2 Å². The minimum absolute atomic E-state index is 0.0163. The Morgan fingerprint density at radius 1 is 1.27 bits per heavy atom. The molecular formula is C18H19ClF3N3O. The second-order valence-electron chi connectivity index (χ2n) is 5.82. The van der Waals surface area contributed by atoms with Gasteiger partial charge in [-0.2, -0.15) is 13.2 Å². The molecule has 1 aromatic heterocycles. The molecule has 1 amide bonds. The van der Waals surface area contributed by atoms with Crippen LogP contribution in [0.5, 0.6) is 0 Å². The van der Waals surface area contributed by atoms with Gasteiger partial charge in [-0.3, -0.25) is 9.78 Å². The van der Waals surface area contributed by atoms with Crippen molar-refractivity contribution in [3.05, 3.63) is 52.8 Å². The van der Waals surface area contributed by atoms with Crippen LogP contribution in [0, 0.1) is 0 Å². The van der Waals surface area contributed by atoms with Crippen molar-refractivity contribution in [2.45, 2.75) is 25.9 Å². The highest BCUT2D eigenvalue weighted by Gasteiger charge is 2.31. The number of benzene rings is 1. The summed E-state index contributed by atoms with van der Waals surface area (Å²) in [6.07, 6.45) is -0.998. The molecule has 0 aliphatic carbocycles. The van der Waals surface area contributed by atoms with Crippen LogP contribution >= 0.6 is 11.6 Å². The lowest BCUT2D eigenvalue weighted by Gasteiger charge is -2.19. The monoisotopic (exact) mass is 385 g/mol. The van der Waals surface area contributed by atoms with Crippen molar-refractivity contribution in [1.29, 1.82) is 0 Å². The van der Waals surface area contributed by atoms with Gasteiger partial charge in [0.15, 0.2) is 0 Å². The topological polar surface area (TPSA) is 45.2 Å². The van der Waals surface area contributed by atoms with Crippen LogP contribution in [0.25, 0.3) is 0 Å². The van der Waals surface area contributed by atoms with Crippen LogP contribution in [0.3, 0.4) is 0 Å². The summed E-state index contributed by atoms with van der Waals surface area (Å²) < 4.78 is 38.5. The van der Waals surface area contributed by atoms with Gasteiger partial charge in [-0.05, 0) is 36.8 Å². The second kappa shape index (κ2) is 8.40. The number of unbranched alkanes of at least 4 members (excludes halogenated alkanes) is 1. The highest BCUT2D eigenvalue weighted by molar-refractivity contribution is 6.33. The van der Waals surface area contributed by atoms with E-state index in [0.717, 1.165) is 43.3 Å². The van der Waals surface area contributed by atoms with Gasteiger partial charge in [0.25, 0.3) is 5.91 Å². The van der Waals surface area contributed by atoms with Crippen molar-refractivity contribution < 1.29 is 18.0 Å². The summed E-state index contributed by atoms with van der Waals surface area (Å²) >= 11 is 5.91. The standard InChI is InChI=1S/C18H19ClF3N3O/c1-3-4-9-25(2)13-7-8-23-16(11-13)17(26)24-15-10-12(18(20,21)22)5-6-14(15)19/h5-8,10-11H,3-4,9H2,1-2H3,(H,24,26). The van der Waals surface area contributed by atoms with Crippen molar-refractivity contribution in [2.24, 2.45) is 0 Å². The number of anilines is 2. The van der Waals surface area contributed by atoms with Crippen LogP contribution in [-0.2, 0) is 6.18 Å². The SMILES string of the molecule is CCCCN(C)c1ccnc(C(=O)Nc2cc(C(F)(F)F)ccc2Cl)c1. The first-order valence-electron chi connectivity index (χ1n) is 8.07. The predicted octanol–water partition coefficient (Wildman–Crippen LogP) is 5.24. The fourth-order valence-corrected chi connectivity index (χ4v) is 2.45. The minimum Gasteiger partial charge on any atom is -0.374 e. The molecule has 0 fully saturated rings. The largest absolute Gasteiger partial charge is 0.416 e. The number of nitrogens with zero attached hydrogens (tertiary/aromatic N) is 2. The van der Waals surface area contributed by atoms with E-state index in [2.05, 4.69) is 17.2 Å². The van der Waals surface area contributed by atoms with Crippen LogP contribution < -0.4 is 10.2 Å². The zero-order chi connectivity index (χ0) is 19.3. The average molecular weight is 386 g/mol. The summed E-state index contributed by atoms with van der Waals surface area (Å²) in [4.78, 5) is 18.4. The van der Waals surface area contributed by atoms with Crippen LogP contribution in [0.4, 0.5) is 24.5 Å². The fraction of sp³-hybridized carbons (Fsp3) is 0.333. The fourth-order valence-electron chi connectivity index (χ4n) is 2.29. The maximum Gasteiger partial charge on any atom is 0.416 e. The minimum atomic E-state index is -4.52. The Morgan fingerprint density at radius 3 is 2.65 bits per heavy atom. The predicted molar refractivity (Wildman–Crippen MR) is 96.8 cm³/mol. The molecule has 2 rings (SSSR count). The van der Waals surface area contributed by atoms with Gasteiger partial charge >= 0.3 is 6.18 Å². The molecule has 0 saturated heterocycles. The summed E-state index contributed by atoms with van der Waals surface area (Å²) in [6, 6.07) is 6.12. The van der Waals surface area contributed by atoms with Crippen molar-refractivity contribution in [3.63, 3.8) is 0 Å². The Bertz CT molecular complexity index is 781. The molecule has 8 heteroatoms. The molecule has 0 aliphatic heterocycles. The third kappa shape index (κ3) is 5.11. The van der Waals surface area contributed by atoms with Crippen molar-refractivity contribution >= 4 is 28.9 Å².